The van der Waals surface area contributed by atoms with Gasteiger partial charge in [0, 0.05) is 17.6 Å². The zero-order valence-electron chi connectivity index (χ0n) is 14.9. The number of halogens is 1. The molecule has 0 aliphatic rings. The lowest BCUT2D eigenvalue weighted by molar-refractivity contribution is 0.416. The molecule has 26 heavy (non-hydrogen) atoms. The second-order valence-electron chi connectivity index (χ2n) is 5.93. The van der Waals surface area contributed by atoms with Crippen LogP contribution in [0.3, 0.4) is 0 Å². The van der Waals surface area contributed by atoms with Gasteiger partial charge in [-0.15, -0.1) is 5.10 Å². The van der Waals surface area contributed by atoms with Crippen LogP contribution in [0, 0.1) is 13.8 Å². The van der Waals surface area contributed by atoms with Gasteiger partial charge in [-0.05, 0) is 31.0 Å². The summed E-state index contributed by atoms with van der Waals surface area (Å²) in [6.07, 6.45) is 1.59. The first-order chi connectivity index (χ1) is 12.5. The highest BCUT2D eigenvalue weighted by Crippen LogP contribution is 2.32. The molecule has 7 heteroatoms. The van der Waals surface area contributed by atoms with Crippen LogP contribution < -0.4 is 15.4 Å². The normalized spacial score (nSPS) is 10.5. The Bertz CT molecular complexity index is 916. The predicted octanol–water partition coefficient (Wildman–Crippen LogP) is 4.51. The van der Waals surface area contributed by atoms with E-state index >= 15 is 0 Å². The van der Waals surface area contributed by atoms with Gasteiger partial charge in [-0.2, -0.15) is 10.1 Å². The van der Waals surface area contributed by atoms with Crippen molar-refractivity contribution >= 4 is 29.1 Å². The third kappa shape index (κ3) is 4.40. The number of hydrogen-bond acceptors (Lipinski definition) is 6. The average Bonchev–Trinajstić information content (AvgIpc) is 2.63. The van der Waals surface area contributed by atoms with E-state index in [0.717, 1.165) is 11.3 Å². The number of rotatable bonds is 6. The second-order valence-corrected chi connectivity index (χ2v) is 6.34. The lowest BCUT2D eigenvalue weighted by Crippen LogP contribution is -2.06. The molecule has 3 rings (SSSR count). The summed E-state index contributed by atoms with van der Waals surface area (Å²) in [5.74, 6) is 1.62. The fourth-order valence-electron chi connectivity index (χ4n) is 2.51. The molecule has 0 aliphatic heterocycles. The summed E-state index contributed by atoms with van der Waals surface area (Å²) in [5.41, 5.74) is 4.05. The van der Waals surface area contributed by atoms with Crippen molar-refractivity contribution in [1.29, 1.82) is 0 Å². The van der Waals surface area contributed by atoms with E-state index in [4.69, 9.17) is 16.3 Å². The fourth-order valence-corrected chi connectivity index (χ4v) is 2.66. The topological polar surface area (TPSA) is 72.0 Å². The minimum atomic E-state index is 0.374. The third-order valence-corrected chi connectivity index (χ3v) is 4.25. The van der Waals surface area contributed by atoms with Gasteiger partial charge in [-0.3, -0.25) is 0 Å². The van der Waals surface area contributed by atoms with E-state index in [2.05, 4.69) is 50.9 Å². The Morgan fingerprint density at radius 3 is 2.77 bits per heavy atom. The number of benzene rings is 2. The molecule has 134 valence electrons. The Hall–Kier alpha value is -2.86. The highest BCUT2D eigenvalue weighted by atomic mass is 35.5. The quantitative estimate of drug-likeness (QED) is 0.666. The molecule has 2 N–H and O–H groups in total. The average molecular weight is 370 g/mol. The van der Waals surface area contributed by atoms with Crippen molar-refractivity contribution in [3.05, 3.63) is 64.3 Å². The zero-order valence-corrected chi connectivity index (χ0v) is 15.6. The molecular formula is C19H20ClN5O. The molecule has 1 heterocycles. The highest BCUT2D eigenvalue weighted by molar-refractivity contribution is 6.31. The SMILES string of the molecule is COc1cc(Cl)c(C)cc1Nc1nncc(NCc2cccc(C)c2)n1. The number of aryl methyl sites for hydroxylation is 2. The third-order valence-electron chi connectivity index (χ3n) is 3.84. The Labute approximate surface area is 157 Å². The number of ether oxygens (including phenoxy) is 1. The minimum Gasteiger partial charge on any atom is -0.495 e. The molecule has 6 nitrogen and oxygen atoms in total. The van der Waals surface area contributed by atoms with E-state index in [9.17, 15) is 0 Å². The summed E-state index contributed by atoms with van der Waals surface area (Å²) in [7, 11) is 1.59. The van der Waals surface area contributed by atoms with E-state index in [1.165, 1.54) is 11.1 Å². The molecular weight excluding hydrogens is 350 g/mol. The minimum absolute atomic E-state index is 0.374. The largest absolute Gasteiger partial charge is 0.495 e. The molecule has 0 amide bonds. The first-order valence-electron chi connectivity index (χ1n) is 8.15. The van der Waals surface area contributed by atoms with Crippen molar-refractivity contribution in [1.82, 2.24) is 15.2 Å². The van der Waals surface area contributed by atoms with Crippen LogP contribution in [-0.4, -0.2) is 22.3 Å². The lowest BCUT2D eigenvalue weighted by Gasteiger charge is -2.12. The number of nitrogens with zero attached hydrogens (tertiary/aromatic N) is 3. The summed E-state index contributed by atoms with van der Waals surface area (Å²) in [4.78, 5) is 4.45. The summed E-state index contributed by atoms with van der Waals surface area (Å²) in [6.45, 7) is 4.65. The Morgan fingerprint density at radius 1 is 1.15 bits per heavy atom. The van der Waals surface area contributed by atoms with Crippen LogP contribution in [-0.2, 0) is 6.54 Å². The first-order valence-corrected chi connectivity index (χ1v) is 8.53. The molecule has 1 aromatic heterocycles. The molecule has 2 aromatic carbocycles. The van der Waals surface area contributed by atoms with Crippen molar-refractivity contribution in [2.45, 2.75) is 20.4 Å². The van der Waals surface area contributed by atoms with Crippen LogP contribution in [0.1, 0.15) is 16.7 Å². The predicted molar refractivity (Wildman–Crippen MR) is 104 cm³/mol. The molecule has 0 bridgehead atoms. The second kappa shape index (κ2) is 8.01. The van der Waals surface area contributed by atoms with Crippen LogP contribution in [0.15, 0.2) is 42.6 Å². The molecule has 0 spiro atoms. The molecule has 0 aliphatic carbocycles. The number of aromatic nitrogens is 3. The maximum atomic E-state index is 6.14. The van der Waals surface area contributed by atoms with Crippen LogP contribution in [0.5, 0.6) is 5.75 Å². The number of hydrogen-bond donors (Lipinski definition) is 2. The van der Waals surface area contributed by atoms with Crippen LogP contribution in [0.2, 0.25) is 5.02 Å². The monoisotopic (exact) mass is 369 g/mol. The van der Waals surface area contributed by atoms with Crippen molar-refractivity contribution < 1.29 is 4.74 Å². The van der Waals surface area contributed by atoms with Crippen molar-refractivity contribution in [3.8, 4) is 5.75 Å². The van der Waals surface area contributed by atoms with E-state index in [1.807, 2.05) is 19.1 Å². The number of methoxy groups -OCH3 is 1. The Balaban J connectivity index is 1.74. The molecule has 0 atom stereocenters. The maximum Gasteiger partial charge on any atom is 0.249 e. The fraction of sp³-hybridized carbons (Fsp3) is 0.211. The standard InChI is InChI=1S/C19H20ClN5O/c1-12-5-4-6-14(7-12)10-21-18-11-22-25-19(24-18)23-16-8-13(2)15(20)9-17(16)26-3/h4-9,11H,10H2,1-3H3,(H2,21,23,24,25). The van der Waals surface area contributed by atoms with Crippen LogP contribution in [0.25, 0.3) is 0 Å². The van der Waals surface area contributed by atoms with Gasteiger partial charge in [0.1, 0.15) is 5.75 Å². The summed E-state index contributed by atoms with van der Waals surface area (Å²) < 4.78 is 5.36. The van der Waals surface area contributed by atoms with Crippen molar-refractivity contribution in [2.75, 3.05) is 17.7 Å². The molecule has 0 fully saturated rings. The Morgan fingerprint density at radius 2 is 2.00 bits per heavy atom. The maximum absolute atomic E-state index is 6.14. The summed E-state index contributed by atoms with van der Waals surface area (Å²) >= 11 is 6.14. The van der Waals surface area contributed by atoms with Gasteiger partial charge in [0.25, 0.3) is 0 Å². The van der Waals surface area contributed by atoms with Gasteiger partial charge in [0.2, 0.25) is 5.95 Å². The van der Waals surface area contributed by atoms with Gasteiger partial charge < -0.3 is 15.4 Å². The van der Waals surface area contributed by atoms with E-state index in [0.29, 0.717) is 29.1 Å². The number of nitrogens with one attached hydrogen (secondary N) is 2. The molecule has 0 unspecified atom stereocenters. The zero-order chi connectivity index (χ0) is 18.5. The van der Waals surface area contributed by atoms with E-state index in [1.54, 1.807) is 19.4 Å². The van der Waals surface area contributed by atoms with E-state index < -0.39 is 0 Å². The van der Waals surface area contributed by atoms with Gasteiger partial charge >= 0.3 is 0 Å². The Kier molecular flexibility index (Phi) is 5.53. The summed E-state index contributed by atoms with van der Waals surface area (Å²) in [6, 6.07) is 11.9. The molecule has 0 radical (unpaired) electrons. The van der Waals surface area contributed by atoms with E-state index in [-0.39, 0.29) is 0 Å². The molecule has 0 saturated carbocycles. The van der Waals surface area contributed by atoms with Crippen molar-refractivity contribution in [3.63, 3.8) is 0 Å². The molecule has 3 aromatic rings. The van der Waals surface area contributed by atoms with Crippen molar-refractivity contribution in [2.24, 2.45) is 0 Å². The van der Waals surface area contributed by atoms with Gasteiger partial charge in [0.05, 0.1) is 19.0 Å². The number of anilines is 3. The van der Waals surface area contributed by atoms with Gasteiger partial charge in [0.15, 0.2) is 5.82 Å². The van der Waals surface area contributed by atoms with Gasteiger partial charge in [-0.1, -0.05) is 41.4 Å². The molecule has 0 saturated heterocycles. The lowest BCUT2D eigenvalue weighted by atomic mass is 10.1. The van der Waals surface area contributed by atoms with Crippen LogP contribution >= 0.6 is 11.6 Å². The first kappa shape index (κ1) is 17.9. The highest BCUT2D eigenvalue weighted by Gasteiger charge is 2.09. The van der Waals surface area contributed by atoms with Gasteiger partial charge in [-0.25, -0.2) is 0 Å². The smallest absolute Gasteiger partial charge is 0.249 e. The summed E-state index contributed by atoms with van der Waals surface area (Å²) in [5, 5.41) is 15.1. The van der Waals surface area contributed by atoms with Crippen LogP contribution in [0.4, 0.5) is 17.5 Å².